The third kappa shape index (κ3) is 5.92. The number of hydrogen-bond acceptors (Lipinski definition) is 2. The van der Waals surface area contributed by atoms with Gasteiger partial charge in [0.15, 0.2) is 0 Å². The van der Waals surface area contributed by atoms with E-state index in [1.54, 1.807) is 48.5 Å². The lowest BCUT2D eigenvalue weighted by Gasteiger charge is -2.26. The topological polar surface area (TPSA) is 11.4 Å². The SMILES string of the molecule is Fc1ccc(N(c2ccc(F)cc2)c2ccc3cc4c5ccc(N(c6ccc(F)cc6)c6ccc(F)cc6)cc5n(-c5ccccc5)c4cc3c2)cc1. The molecule has 0 unspecified atom stereocenters. The van der Waals surface area contributed by atoms with Gasteiger partial charge in [-0.25, -0.2) is 17.6 Å². The maximum atomic E-state index is 14.1. The molecule has 0 spiro atoms. The Morgan fingerprint density at radius 1 is 0.321 bits per heavy atom. The summed E-state index contributed by atoms with van der Waals surface area (Å²) in [5.74, 6) is -1.38. The van der Waals surface area contributed by atoms with Crippen LogP contribution < -0.4 is 9.80 Å². The third-order valence-electron chi connectivity index (χ3n) is 9.56. The number of para-hydroxylation sites is 1. The van der Waals surface area contributed by atoms with Crippen molar-refractivity contribution in [3.8, 4) is 5.69 Å². The third-order valence-corrected chi connectivity index (χ3v) is 9.56. The molecule has 0 atom stereocenters. The monoisotopic (exact) mass is 699 g/mol. The van der Waals surface area contributed by atoms with Crippen molar-refractivity contribution in [1.82, 2.24) is 4.57 Å². The van der Waals surface area contributed by atoms with Gasteiger partial charge in [0.1, 0.15) is 23.3 Å². The fourth-order valence-corrected chi connectivity index (χ4v) is 7.12. The van der Waals surface area contributed by atoms with Gasteiger partial charge >= 0.3 is 0 Å². The molecule has 0 saturated heterocycles. The average molecular weight is 700 g/mol. The van der Waals surface area contributed by atoms with Crippen molar-refractivity contribution in [2.75, 3.05) is 9.80 Å². The summed E-state index contributed by atoms with van der Waals surface area (Å²) >= 11 is 0. The Bertz CT molecular complexity index is 2650. The Morgan fingerprint density at radius 3 is 1.23 bits per heavy atom. The summed E-state index contributed by atoms with van der Waals surface area (Å²) in [4.78, 5) is 3.95. The van der Waals surface area contributed by atoms with Crippen LogP contribution in [0, 0.1) is 23.3 Å². The van der Waals surface area contributed by atoms with E-state index >= 15 is 0 Å². The number of anilines is 6. The molecule has 0 saturated carbocycles. The molecular weight excluding hydrogens is 671 g/mol. The van der Waals surface area contributed by atoms with E-state index in [-0.39, 0.29) is 23.3 Å². The van der Waals surface area contributed by atoms with Crippen molar-refractivity contribution in [3.63, 3.8) is 0 Å². The molecule has 0 aliphatic heterocycles. The molecule has 256 valence electrons. The molecule has 1 aromatic heterocycles. The Balaban J connectivity index is 1.26. The highest BCUT2D eigenvalue weighted by Gasteiger charge is 2.20. The van der Waals surface area contributed by atoms with Crippen molar-refractivity contribution in [2.24, 2.45) is 0 Å². The normalized spacial score (nSPS) is 11.4. The predicted octanol–water partition coefficient (Wildman–Crippen LogP) is 13.4. The molecule has 0 N–H and O–H groups in total. The molecule has 3 nitrogen and oxygen atoms in total. The molecule has 0 bridgehead atoms. The minimum Gasteiger partial charge on any atom is -0.310 e. The highest BCUT2D eigenvalue weighted by Crippen LogP contribution is 2.42. The van der Waals surface area contributed by atoms with E-state index < -0.39 is 0 Å². The Hall–Kier alpha value is -6.86. The standard InChI is InChI=1S/C46H29F4N3/c47-32-7-16-37(17-8-32)51(38-18-9-33(48)10-19-38)41-15-6-30-27-44-43-25-24-42(52(39-20-11-34(49)12-21-39)40-22-13-35(50)14-23-40)29-46(43)53(36-4-2-1-3-5-36)45(44)28-31(30)26-41/h1-29H. The van der Waals surface area contributed by atoms with E-state index in [4.69, 9.17) is 0 Å². The quantitative estimate of drug-likeness (QED) is 0.153. The number of benzene rings is 8. The van der Waals surface area contributed by atoms with Gasteiger partial charge in [0.2, 0.25) is 0 Å². The van der Waals surface area contributed by atoms with Gasteiger partial charge in [-0.15, -0.1) is 0 Å². The van der Waals surface area contributed by atoms with Crippen LogP contribution >= 0.6 is 0 Å². The fraction of sp³-hybridized carbons (Fsp3) is 0. The molecule has 8 aromatic carbocycles. The van der Waals surface area contributed by atoms with Crippen molar-refractivity contribution in [3.05, 3.63) is 199 Å². The first-order valence-corrected chi connectivity index (χ1v) is 17.1. The number of fused-ring (bicyclic) bond motifs is 4. The first-order valence-electron chi connectivity index (χ1n) is 17.1. The first kappa shape index (κ1) is 32.1. The Kier molecular flexibility index (Phi) is 7.89. The van der Waals surface area contributed by atoms with Crippen LogP contribution in [0.3, 0.4) is 0 Å². The lowest BCUT2D eigenvalue weighted by Crippen LogP contribution is -2.10. The maximum Gasteiger partial charge on any atom is 0.123 e. The number of rotatable bonds is 7. The van der Waals surface area contributed by atoms with Crippen LogP contribution in [0.25, 0.3) is 38.3 Å². The lowest BCUT2D eigenvalue weighted by molar-refractivity contribution is 0.627. The van der Waals surface area contributed by atoms with Crippen molar-refractivity contribution in [2.45, 2.75) is 0 Å². The Labute approximate surface area is 302 Å². The number of hydrogen-bond donors (Lipinski definition) is 0. The molecule has 7 heteroatoms. The molecule has 9 rings (SSSR count). The van der Waals surface area contributed by atoms with Crippen molar-refractivity contribution < 1.29 is 17.6 Å². The van der Waals surface area contributed by atoms with Crippen molar-refractivity contribution in [1.29, 1.82) is 0 Å². The van der Waals surface area contributed by atoms with Gasteiger partial charge in [0.25, 0.3) is 0 Å². The van der Waals surface area contributed by atoms with Crippen LogP contribution in [0.15, 0.2) is 176 Å². The number of nitrogens with zero attached hydrogens (tertiary/aromatic N) is 3. The average Bonchev–Trinajstić information content (AvgIpc) is 3.49. The highest BCUT2D eigenvalue weighted by molar-refractivity contribution is 6.14. The zero-order valence-corrected chi connectivity index (χ0v) is 28.1. The summed E-state index contributed by atoms with van der Waals surface area (Å²) in [5.41, 5.74) is 7.47. The lowest BCUT2D eigenvalue weighted by atomic mass is 10.0. The van der Waals surface area contributed by atoms with Gasteiger partial charge < -0.3 is 14.4 Å². The van der Waals surface area contributed by atoms with Crippen LogP contribution in [0.5, 0.6) is 0 Å². The van der Waals surface area contributed by atoms with Gasteiger partial charge in [-0.1, -0.05) is 30.3 Å². The van der Waals surface area contributed by atoms with Crippen LogP contribution in [0.2, 0.25) is 0 Å². The zero-order chi connectivity index (χ0) is 36.1. The molecule has 1 heterocycles. The summed E-state index contributed by atoms with van der Waals surface area (Å²) in [6.45, 7) is 0. The van der Waals surface area contributed by atoms with E-state index in [1.807, 2.05) is 40.1 Å². The molecule has 0 amide bonds. The van der Waals surface area contributed by atoms with E-state index in [0.29, 0.717) is 0 Å². The van der Waals surface area contributed by atoms with Crippen LogP contribution in [0.4, 0.5) is 51.7 Å². The van der Waals surface area contributed by atoms with E-state index in [1.165, 1.54) is 48.5 Å². The smallest absolute Gasteiger partial charge is 0.123 e. The minimum atomic E-state index is -0.346. The largest absolute Gasteiger partial charge is 0.310 e. The van der Waals surface area contributed by atoms with Gasteiger partial charge in [0.05, 0.1) is 11.0 Å². The Morgan fingerprint density at radius 2 is 0.736 bits per heavy atom. The van der Waals surface area contributed by atoms with Gasteiger partial charge in [-0.3, -0.25) is 0 Å². The van der Waals surface area contributed by atoms with E-state index in [2.05, 4.69) is 53.1 Å². The molecule has 53 heavy (non-hydrogen) atoms. The molecule has 9 aromatic rings. The van der Waals surface area contributed by atoms with Crippen molar-refractivity contribution >= 4 is 66.7 Å². The van der Waals surface area contributed by atoms with Crippen LogP contribution in [-0.2, 0) is 0 Å². The highest BCUT2D eigenvalue weighted by atomic mass is 19.1. The molecule has 0 fully saturated rings. The summed E-state index contributed by atoms with van der Waals surface area (Å²) in [6.07, 6.45) is 0. The first-order chi connectivity index (χ1) is 25.9. The number of aromatic nitrogens is 1. The van der Waals surface area contributed by atoms with E-state index in [0.717, 1.165) is 72.4 Å². The second kappa shape index (κ2) is 13.0. The van der Waals surface area contributed by atoms with Crippen LogP contribution in [0.1, 0.15) is 0 Å². The van der Waals surface area contributed by atoms with Gasteiger partial charge in [-0.05, 0) is 156 Å². The molecule has 0 aliphatic rings. The minimum absolute atomic E-state index is 0.343. The zero-order valence-electron chi connectivity index (χ0n) is 28.1. The molecule has 0 aliphatic carbocycles. The van der Waals surface area contributed by atoms with E-state index in [9.17, 15) is 17.6 Å². The molecule has 0 radical (unpaired) electrons. The summed E-state index contributed by atoms with van der Waals surface area (Å²) < 4.78 is 58.4. The molecular formula is C46H29F4N3. The van der Waals surface area contributed by atoms with Gasteiger partial charge in [0, 0.05) is 50.6 Å². The predicted molar refractivity (Wildman–Crippen MR) is 207 cm³/mol. The van der Waals surface area contributed by atoms with Crippen LogP contribution in [-0.4, -0.2) is 4.57 Å². The summed E-state index contributed by atoms with van der Waals surface area (Å²) in [6, 6.07) is 51.8. The second-order valence-electron chi connectivity index (χ2n) is 12.8. The number of halogens is 4. The maximum absolute atomic E-state index is 14.1. The van der Waals surface area contributed by atoms with Gasteiger partial charge in [-0.2, -0.15) is 0 Å². The summed E-state index contributed by atoms with van der Waals surface area (Å²) in [7, 11) is 0. The fourth-order valence-electron chi connectivity index (χ4n) is 7.12. The summed E-state index contributed by atoms with van der Waals surface area (Å²) in [5, 5.41) is 4.09. The second-order valence-corrected chi connectivity index (χ2v) is 12.8.